The summed E-state index contributed by atoms with van der Waals surface area (Å²) in [6, 6.07) is 7.96. The van der Waals surface area contributed by atoms with E-state index in [9.17, 15) is 4.79 Å². The van der Waals surface area contributed by atoms with Gasteiger partial charge in [0.2, 0.25) is 0 Å². The van der Waals surface area contributed by atoms with E-state index < -0.39 is 0 Å². The molecule has 1 saturated carbocycles. The molecule has 96 valence electrons. The quantitative estimate of drug-likeness (QED) is 0.741. The van der Waals surface area contributed by atoms with E-state index in [2.05, 4.69) is 11.8 Å². The summed E-state index contributed by atoms with van der Waals surface area (Å²) < 4.78 is 0. The summed E-state index contributed by atoms with van der Waals surface area (Å²) in [6.07, 6.45) is 5.35. The van der Waals surface area contributed by atoms with Gasteiger partial charge in [0.1, 0.15) is 0 Å². The van der Waals surface area contributed by atoms with Crippen LogP contribution >= 0.6 is 0 Å². The van der Waals surface area contributed by atoms with Gasteiger partial charge in [0.15, 0.2) is 0 Å². The van der Waals surface area contributed by atoms with Crippen molar-refractivity contribution in [2.45, 2.75) is 32.6 Å². The van der Waals surface area contributed by atoms with Crippen LogP contribution in [0.25, 0.3) is 0 Å². The van der Waals surface area contributed by atoms with E-state index in [4.69, 9.17) is 0 Å². The summed E-state index contributed by atoms with van der Waals surface area (Å²) >= 11 is 0. The number of rotatable bonds is 1. The molecule has 0 N–H and O–H groups in total. The van der Waals surface area contributed by atoms with Gasteiger partial charge in [-0.05, 0) is 43.7 Å². The zero-order valence-electron chi connectivity index (χ0n) is 11.1. The van der Waals surface area contributed by atoms with Crippen LogP contribution in [0.1, 0.15) is 41.6 Å². The van der Waals surface area contributed by atoms with Gasteiger partial charge < -0.3 is 4.90 Å². The van der Waals surface area contributed by atoms with Gasteiger partial charge in [-0.1, -0.05) is 30.5 Å². The molecule has 0 radical (unpaired) electrons. The van der Waals surface area contributed by atoms with Crippen molar-refractivity contribution in [1.29, 1.82) is 0 Å². The minimum absolute atomic E-state index is 0.226. The van der Waals surface area contributed by atoms with Gasteiger partial charge in [-0.25, -0.2) is 0 Å². The van der Waals surface area contributed by atoms with Gasteiger partial charge in [0.25, 0.3) is 5.91 Å². The first-order valence-electron chi connectivity index (χ1n) is 7.10. The highest BCUT2D eigenvalue weighted by Gasteiger charge is 2.36. The number of aryl methyl sites for hydroxylation is 1. The number of nitrogens with zero attached hydrogens (tertiary/aromatic N) is 1. The predicted molar refractivity (Wildman–Crippen MR) is 72.5 cm³/mol. The lowest BCUT2D eigenvalue weighted by atomic mass is 9.82. The molecular weight excluding hydrogens is 222 g/mol. The molecule has 2 unspecified atom stereocenters. The third-order valence-corrected chi connectivity index (χ3v) is 4.56. The molecule has 2 fully saturated rings. The third-order valence-electron chi connectivity index (χ3n) is 4.56. The highest BCUT2D eigenvalue weighted by atomic mass is 16.2. The SMILES string of the molecule is Cc1ccc(C(=O)N2CC3CCCCC3C2)cc1. The molecule has 0 aromatic heterocycles. The molecule has 1 aromatic rings. The molecule has 0 bridgehead atoms. The topological polar surface area (TPSA) is 20.3 Å². The van der Waals surface area contributed by atoms with Crippen molar-refractivity contribution in [3.8, 4) is 0 Å². The average Bonchev–Trinajstić information content (AvgIpc) is 2.82. The van der Waals surface area contributed by atoms with E-state index in [-0.39, 0.29) is 5.91 Å². The molecule has 1 heterocycles. The maximum absolute atomic E-state index is 12.4. The number of hydrogen-bond acceptors (Lipinski definition) is 1. The standard InChI is InChI=1S/C16H21NO/c1-12-6-8-13(9-7-12)16(18)17-10-14-4-2-3-5-15(14)11-17/h6-9,14-15H,2-5,10-11H2,1H3. The van der Waals surface area contributed by atoms with Crippen LogP contribution in [0, 0.1) is 18.8 Å². The van der Waals surface area contributed by atoms with Crippen molar-refractivity contribution in [3.05, 3.63) is 35.4 Å². The molecule has 2 heteroatoms. The van der Waals surface area contributed by atoms with Gasteiger partial charge in [0.05, 0.1) is 0 Å². The molecule has 2 atom stereocenters. The Morgan fingerprint density at radius 3 is 2.17 bits per heavy atom. The molecule has 3 rings (SSSR count). The zero-order chi connectivity index (χ0) is 12.5. The van der Waals surface area contributed by atoms with E-state index in [0.717, 1.165) is 30.5 Å². The highest BCUT2D eigenvalue weighted by Crippen LogP contribution is 2.36. The Morgan fingerprint density at radius 1 is 1.06 bits per heavy atom. The summed E-state index contributed by atoms with van der Waals surface area (Å²) in [7, 11) is 0. The third kappa shape index (κ3) is 2.16. The summed E-state index contributed by atoms with van der Waals surface area (Å²) in [6.45, 7) is 4.02. The first-order chi connectivity index (χ1) is 8.74. The van der Waals surface area contributed by atoms with Gasteiger partial charge in [-0.15, -0.1) is 0 Å². The number of likely N-dealkylation sites (tertiary alicyclic amines) is 1. The Morgan fingerprint density at radius 2 is 1.61 bits per heavy atom. The van der Waals surface area contributed by atoms with Crippen molar-refractivity contribution in [1.82, 2.24) is 4.90 Å². The number of fused-ring (bicyclic) bond motifs is 1. The van der Waals surface area contributed by atoms with E-state index >= 15 is 0 Å². The van der Waals surface area contributed by atoms with E-state index in [1.54, 1.807) is 0 Å². The minimum Gasteiger partial charge on any atom is -0.338 e. The highest BCUT2D eigenvalue weighted by molar-refractivity contribution is 5.94. The predicted octanol–water partition coefficient (Wildman–Crippen LogP) is 3.26. The van der Waals surface area contributed by atoms with Crippen LogP contribution in [-0.2, 0) is 0 Å². The Bertz CT molecular complexity index is 423. The molecule has 0 spiro atoms. The van der Waals surface area contributed by atoms with Crippen LogP contribution in [0.4, 0.5) is 0 Å². The normalized spacial score (nSPS) is 27.1. The summed E-state index contributed by atoms with van der Waals surface area (Å²) in [4.78, 5) is 14.5. The van der Waals surface area contributed by atoms with Crippen LogP contribution in [0.3, 0.4) is 0 Å². The van der Waals surface area contributed by atoms with E-state index in [1.165, 1.54) is 31.2 Å². The van der Waals surface area contributed by atoms with Crippen molar-refractivity contribution < 1.29 is 4.79 Å². The molecule has 1 aliphatic heterocycles. The number of carbonyl (C=O) groups is 1. The van der Waals surface area contributed by atoms with Crippen molar-refractivity contribution in [2.75, 3.05) is 13.1 Å². The zero-order valence-corrected chi connectivity index (χ0v) is 11.1. The molecular formula is C16H21NO. The fraction of sp³-hybridized carbons (Fsp3) is 0.562. The van der Waals surface area contributed by atoms with Crippen LogP contribution in [0.15, 0.2) is 24.3 Å². The van der Waals surface area contributed by atoms with Crippen LogP contribution in [-0.4, -0.2) is 23.9 Å². The lowest BCUT2D eigenvalue weighted by Crippen LogP contribution is -2.28. The van der Waals surface area contributed by atoms with Gasteiger partial charge >= 0.3 is 0 Å². The van der Waals surface area contributed by atoms with Crippen LogP contribution in [0.2, 0.25) is 0 Å². The summed E-state index contributed by atoms with van der Waals surface area (Å²) in [5, 5.41) is 0. The number of hydrogen-bond donors (Lipinski definition) is 0. The largest absolute Gasteiger partial charge is 0.338 e. The van der Waals surface area contributed by atoms with Crippen molar-refractivity contribution in [3.63, 3.8) is 0 Å². The van der Waals surface area contributed by atoms with Crippen LogP contribution in [0.5, 0.6) is 0 Å². The molecule has 1 saturated heterocycles. The maximum Gasteiger partial charge on any atom is 0.253 e. The summed E-state index contributed by atoms with van der Waals surface area (Å²) in [5.41, 5.74) is 2.06. The molecule has 1 amide bonds. The lowest BCUT2D eigenvalue weighted by molar-refractivity contribution is 0.0784. The fourth-order valence-corrected chi connectivity index (χ4v) is 3.45. The Kier molecular flexibility index (Phi) is 3.11. The van der Waals surface area contributed by atoms with Gasteiger partial charge in [-0.3, -0.25) is 4.79 Å². The molecule has 1 aliphatic carbocycles. The maximum atomic E-state index is 12.4. The summed E-state index contributed by atoms with van der Waals surface area (Å²) in [5.74, 6) is 1.77. The number of amides is 1. The van der Waals surface area contributed by atoms with Crippen molar-refractivity contribution in [2.24, 2.45) is 11.8 Å². The smallest absolute Gasteiger partial charge is 0.253 e. The van der Waals surface area contributed by atoms with E-state index in [0.29, 0.717) is 0 Å². The van der Waals surface area contributed by atoms with Gasteiger partial charge in [-0.2, -0.15) is 0 Å². The Labute approximate surface area is 109 Å². The second-order valence-corrected chi connectivity index (χ2v) is 5.88. The molecule has 2 nitrogen and oxygen atoms in total. The second-order valence-electron chi connectivity index (χ2n) is 5.88. The first-order valence-corrected chi connectivity index (χ1v) is 7.10. The first kappa shape index (κ1) is 11.8. The molecule has 18 heavy (non-hydrogen) atoms. The fourth-order valence-electron chi connectivity index (χ4n) is 3.45. The number of carbonyl (C=O) groups excluding carboxylic acids is 1. The monoisotopic (exact) mass is 243 g/mol. The van der Waals surface area contributed by atoms with Gasteiger partial charge in [0, 0.05) is 18.7 Å². The average molecular weight is 243 g/mol. The molecule has 1 aromatic carbocycles. The second kappa shape index (κ2) is 4.75. The number of benzene rings is 1. The van der Waals surface area contributed by atoms with E-state index in [1.807, 2.05) is 24.3 Å². The minimum atomic E-state index is 0.226. The Balaban J connectivity index is 1.72. The lowest BCUT2D eigenvalue weighted by Gasteiger charge is -2.22. The van der Waals surface area contributed by atoms with Crippen LogP contribution < -0.4 is 0 Å². The Hall–Kier alpha value is -1.31. The molecule has 2 aliphatic rings. The van der Waals surface area contributed by atoms with Crippen molar-refractivity contribution >= 4 is 5.91 Å².